The highest BCUT2D eigenvalue weighted by Gasteiger charge is 2.10. The van der Waals surface area contributed by atoms with Crippen LogP contribution in [0.2, 0.25) is 0 Å². The number of nitrogens with zero attached hydrogens (tertiary/aromatic N) is 1. The smallest absolute Gasteiger partial charge is 0.255 e. The van der Waals surface area contributed by atoms with E-state index in [0.29, 0.717) is 16.8 Å². The highest BCUT2D eigenvalue weighted by molar-refractivity contribution is 6.04. The lowest BCUT2D eigenvalue weighted by molar-refractivity contribution is 0.102. The Morgan fingerprint density at radius 2 is 1.75 bits per heavy atom. The van der Waals surface area contributed by atoms with Crippen molar-refractivity contribution < 1.29 is 9.90 Å². The molecule has 0 fully saturated rings. The third-order valence-corrected chi connectivity index (χ3v) is 3.75. The average Bonchev–Trinajstić information content (AvgIpc) is 2.62. The fourth-order valence-corrected chi connectivity index (χ4v) is 2.33. The number of hydrogen-bond acceptors (Lipinski definition) is 4. The van der Waals surface area contributed by atoms with Gasteiger partial charge in [-0.2, -0.15) is 5.26 Å². The van der Waals surface area contributed by atoms with Gasteiger partial charge in [0.05, 0.1) is 18.2 Å². The van der Waals surface area contributed by atoms with E-state index in [1.807, 2.05) is 44.2 Å². The monoisotopic (exact) mass is 323 g/mol. The second kappa shape index (κ2) is 8.25. The minimum atomic E-state index is -0.215. The molecule has 0 aliphatic carbocycles. The molecule has 2 rings (SSSR count). The van der Waals surface area contributed by atoms with Gasteiger partial charge in [-0.05, 0) is 55.8 Å². The summed E-state index contributed by atoms with van der Waals surface area (Å²) >= 11 is 0. The lowest BCUT2D eigenvalue weighted by atomic mass is 10.1. The molecule has 0 spiro atoms. The fourth-order valence-electron chi connectivity index (χ4n) is 2.33. The van der Waals surface area contributed by atoms with E-state index in [2.05, 4.69) is 10.6 Å². The maximum atomic E-state index is 12.2. The molecule has 0 saturated heterocycles. The van der Waals surface area contributed by atoms with Crippen molar-refractivity contribution in [2.45, 2.75) is 25.9 Å². The Hall–Kier alpha value is -2.68. The van der Waals surface area contributed by atoms with Crippen LogP contribution in [0.25, 0.3) is 0 Å². The molecule has 124 valence electrons. The molecule has 2 aromatic carbocycles. The van der Waals surface area contributed by atoms with E-state index in [0.717, 1.165) is 5.56 Å². The zero-order chi connectivity index (χ0) is 17.5. The predicted octanol–water partition coefficient (Wildman–Crippen LogP) is 2.84. The number of anilines is 1. The molecule has 1 amide bonds. The summed E-state index contributed by atoms with van der Waals surface area (Å²) in [5.74, 6) is -0.215. The molecule has 0 radical (unpaired) electrons. The Morgan fingerprint density at radius 1 is 1.12 bits per heavy atom. The summed E-state index contributed by atoms with van der Waals surface area (Å²) < 4.78 is 0. The van der Waals surface area contributed by atoms with Crippen molar-refractivity contribution in [3.63, 3.8) is 0 Å². The van der Waals surface area contributed by atoms with Crippen LogP contribution in [-0.2, 0) is 0 Å². The summed E-state index contributed by atoms with van der Waals surface area (Å²) in [6.45, 7) is 4.03. The molecule has 3 N–H and O–H groups in total. The van der Waals surface area contributed by atoms with Crippen molar-refractivity contribution in [3.8, 4) is 6.07 Å². The number of benzene rings is 2. The van der Waals surface area contributed by atoms with E-state index >= 15 is 0 Å². The van der Waals surface area contributed by atoms with Crippen LogP contribution in [0.1, 0.15) is 41.4 Å². The zero-order valence-corrected chi connectivity index (χ0v) is 13.8. The largest absolute Gasteiger partial charge is 0.395 e. The molecule has 5 nitrogen and oxygen atoms in total. The van der Waals surface area contributed by atoms with Gasteiger partial charge in [0.1, 0.15) is 0 Å². The Labute approximate surface area is 141 Å². The van der Waals surface area contributed by atoms with Crippen LogP contribution >= 0.6 is 0 Å². The van der Waals surface area contributed by atoms with Gasteiger partial charge in [-0.1, -0.05) is 12.1 Å². The van der Waals surface area contributed by atoms with Crippen LogP contribution in [0, 0.1) is 11.3 Å². The van der Waals surface area contributed by atoms with Crippen LogP contribution in [0.4, 0.5) is 5.69 Å². The molecular weight excluding hydrogens is 302 g/mol. The van der Waals surface area contributed by atoms with E-state index in [1.54, 1.807) is 24.3 Å². The summed E-state index contributed by atoms with van der Waals surface area (Å²) in [5.41, 5.74) is 2.81. The molecule has 0 saturated carbocycles. The highest BCUT2D eigenvalue weighted by atomic mass is 16.3. The number of rotatable bonds is 6. The van der Waals surface area contributed by atoms with Crippen LogP contribution < -0.4 is 10.6 Å². The second-order valence-corrected chi connectivity index (χ2v) is 5.74. The molecule has 0 heterocycles. The normalized spacial score (nSPS) is 12.9. The first-order valence-electron chi connectivity index (χ1n) is 7.82. The van der Waals surface area contributed by atoms with Crippen molar-refractivity contribution in [3.05, 3.63) is 65.2 Å². The topological polar surface area (TPSA) is 85.2 Å². The minimum absolute atomic E-state index is 0.0239. The van der Waals surface area contributed by atoms with Gasteiger partial charge in [-0.3, -0.25) is 4.79 Å². The maximum Gasteiger partial charge on any atom is 0.255 e. The van der Waals surface area contributed by atoms with Crippen LogP contribution in [0.15, 0.2) is 48.5 Å². The number of carbonyl (C=O) groups excluding carboxylic acids is 1. The standard InChI is InChI=1S/C19H21N3O2/c1-13(12-23)21-14(2)16-7-9-18(10-8-16)22-19(24)17-5-3-15(11-20)4-6-17/h3-10,13-14,21,23H,12H2,1-2H3,(H,22,24)/t13-,14-/m0/s1. The third kappa shape index (κ3) is 4.66. The number of amides is 1. The Morgan fingerprint density at radius 3 is 2.29 bits per heavy atom. The summed E-state index contributed by atoms with van der Waals surface area (Å²) in [6, 6.07) is 16.2. The van der Waals surface area contributed by atoms with Gasteiger partial charge in [0.15, 0.2) is 0 Å². The van der Waals surface area contributed by atoms with Crippen LogP contribution in [0.5, 0.6) is 0 Å². The SMILES string of the molecule is C[C@H](N[C@@H](C)CO)c1ccc(NC(=O)c2ccc(C#N)cc2)cc1. The molecular formula is C19H21N3O2. The molecule has 0 bridgehead atoms. The van der Waals surface area contributed by atoms with Crippen LogP contribution in [-0.4, -0.2) is 23.7 Å². The van der Waals surface area contributed by atoms with Crippen molar-refractivity contribution in [2.75, 3.05) is 11.9 Å². The van der Waals surface area contributed by atoms with Gasteiger partial charge >= 0.3 is 0 Å². The lowest BCUT2D eigenvalue weighted by Crippen LogP contribution is -2.31. The van der Waals surface area contributed by atoms with Gasteiger partial charge in [0.2, 0.25) is 0 Å². The molecule has 5 heteroatoms. The molecule has 2 atom stereocenters. The summed E-state index contributed by atoms with van der Waals surface area (Å²) in [4.78, 5) is 12.2. The van der Waals surface area contributed by atoms with E-state index < -0.39 is 0 Å². The van der Waals surface area contributed by atoms with E-state index in [9.17, 15) is 4.79 Å². The summed E-state index contributed by atoms with van der Waals surface area (Å²) in [7, 11) is 0. The fraction of sp³-hybridized carbons (Fsp3) is 0.263. The zero-order valence-electron chi connectivity index (χ0n) is 13.8. The van der Waals surface area contributed by atoms with Gasteiger partial charge in [-0.25, -0.2) is 0 Å². The predicted molar refractivity (Wildman–Crippen MR) is 93.7 cm³/mol. The van der Waals surface area contributed by atoms with Gasteiger partial charge in [0.25, 0.3) is 5.91 Å². The van der Waals surface area contributed by atoms with E-state index in [1.165, 1.54) is 0 Å². The summed E-state index contributed by atoms with van der Waals surface area (Å²) in [5, 5.41) is 24.0. The molecule has 0 aliphatic rings. The van der Waals surface area contributed by atoms with Gasteiger partial charge in [0, 0.05) is 23.3 Å². The second-order valence-electron chi connectivity index (χ2n) is 5.74. The van der Waals surface area contributed by atoms with E-state index in [4.69, 9.17) is 10.4 Å². The van der Waals surface area contributed by atoms with E-state index in [-0.39, 0.29) is 24.6 Å². The first-order valence-corrected chi connectivity index (χ1v) is 7.82. The first-order chi connectivity index (χ1) is 11.5. The maximum absolute atomic E-state index is 12.2. The average molecular weight is 323 g/mol. The molecule has 0 aromatic heterocycles. The van der Waals surface area contributed by atoms with Crippen molar-refractivity contribution in [1.82, 2.24) is 5.32 Å². The van der Waals surface area contributed by atoms with Crippen molar-refractivity contribution in [2.24, 2.45) is 0 Å². The Balaban J connectivity index is 2.00. The molecule has 0 aliphatic heterocycles. The minimum Gasteiger partial charge on any atom is -0.395 e. The number of nitriles is 1. The number of aliphatic hydroxyl groups is 1. The number of aliphatic hydroxyl groups excluding tert-OH is 1. The third-order valence-electron chi connectivity index (χ3n) is 3.75. The quantitative estimate of drug-likeness (QED) is 0.763. The highest BCUT2D eigenvalue weighted by Crippen LogP contribution is 2.17. The Kier molecular flexibility index (Phi) is 6.07. The Bertz CT molecular complexity index is 718. The van der Waals surface area contributed by atoms with Crippen LogP contribution in [0.3, 0.4) is 0 Å². The molecule has 0 unspecified atom stereocenters. The number of hydrogen-bond donors (Lipinski definition) is 3. The van der Waals surface area contributed by atoms with Crippen molar-refractivity contribution in [1.29, 1.82) is 5.26 Å². The molecule has 24 heavy (non-hydrogen) atoms. The lowest BCUT2D eigenvalue weighted by Gasteiger charge is -2.19. The van der Waals surface area contributed by atoms with Crippen molar-refractivity contribution >= 4 is 11.6 Å². The van der Waals surface area contributed by atoms with Gasteiger partial charge < -0.3 is 15.7 Å². The molecule has 2 aromatic rings. The number of nitrogens with one attached hydrogen (secondary N) is 2. The van der Waals surface area contributed by atoms with Gasteiger partial charge in [-0.15, -0.1) is 0 Å². The summed E-state index contributed by atoms with van der Waals surface area (Å²) in [6.07, 6.45) is 0. The first kappa shape index (κ1) is 17.7. The number of carbonyl (C=O) groups is 1.